The zero-order valence-electron chi connectivity index (χ0n) is 13.8. The standard InChI is InChI=1S/C19H27N3/c1-16-6-3-4-8-18(16)10-9-17-7-5-12-22(14-17)15-19-20-11-13-21(19)2/h3-4,6,8,11,13,17H,5,7,9-10,12,14-15H2,1-2H3/t17-/m1/s1. The summed E-state index contributed by atoms with van der Waals surface area (Å²) in [5.41, 5.74) is 2.95. The number of aromatic nitrogens is 2. The quantitative estimate of drug-likeness (QED) is 0.841. The third-order valence-corrected chi connectivity index (χ3v) is 4.97. The maximum Gasteiger partial charge on any atom is 0.122 e. The fourth-order valence-corrected chi connectivity index (χ4v) is 3.53. The Morgan fingerprint density at radius 1 is 1.27 bits per heavy atom. The van der Waals surface area contributed by atoms with E-state index in [0.29, 0.717) is 0 Å². The van der Waals surface area contributed by atoms with E-state index in [4.69, 9.17) is 0 Å². The normalized spacial score (nSPS) is 19.5. The number of rotatable bonds is 5. The minimum Gasteiger partial charge on any atom is -0.337 e. The molecule has 1 fully saturated rings. The predicted molar refractivity (Wildman–Crippen MR) is 90.7 cm³/mol. The summed E-state index contributed by atoms with van der Waals surface area (Å²) < 4.78 is 2.14. The molecule has 0 saturated carbocycles. The summed E-state index contributed by atoms with van der Waals surface area (Å²) in [5, 5.41) is 0. The molecule has 0 amide bonds. The van der Waals surface area contributed by atoms with E-state index >= 15 is 0 Å². The molecule has 1 aromatic heterocycles. The number of likely N-dealkylation sites (tertiary alicyclic amines) is 1. The summed E-state index contributed by atoms with van der Waals surface area (Å²) in [6.07, 6.45) is 9.16. The molecule has 0 aliphatic carbocycles. The van der Waals surface area contributed by atoms with Crippen LogP contribution in [0.25, 0.3) is 0 Å². The van der Waals surface area contributed by atoms with E-state index in [-0.39, 0.29) is 0 Å². The lowest BCUT2D eigenvalue weighted by Crippen LogP contribution is -2.35. The summed E-state index contributed by atoms with van der Waals surface area (Å²) in [6.45, 7) is 5.65. The second-order valence-electron chi connectivity index (χ2n) is 6.66. The van der Waals surface area contributed by atoms with Crippen molar-refractivity contribution in [3.63, 3.8) is 0 Å². The summed E-state index contributed by atoms with van der Waals surface area (Å²) in [6, 6.07) is 8.80. The molecule has 1 atom stereocenters. The summed E-state index contributed by atoms with van der Waals surface area (Å²) in [7, 11) is 2.09. The molecular formula is C19H27N3. The van der Waals surface area contributed by atoms with E-state index in [0.717, 1.165) is 12.5 Å². The second-order valence-corrected chi connectivity index (χ2v) is 6.66. The molecule has 1 aromatic carbocycles. The molecule has 0 unspecified atom stereocenters. The van der Waals surface area contributed by atoms with Crippen molar-refractivity contribution < 1.29 is 0 Å². The molecule has 0 spiro atoms. The number of hydrogen-bond acceptors (Lipinski definition) is 2. The molecule has 3 nitrogen and oxygen atoms in total. The van der Waals surface area contributed by atoms with Crippen LogP contribution >= 0.6 is 0 Å². The van der Waals surface area contributed by atoms with Crippen LogP contribution in [0.4, 0.5) is 0 Å². The van der Waals surface area contributed by atoms with Gasteiger partial charge in [0.25, 0.3) is 0 Å². The lowest BCUT2D eigenvalue weighted by Gasteiger charge is -2.32. The van der Waals surface area contributed by atoms with Crippen molar-refractivity contribution in [2.75, 3.05) is 13.1 Å². The predicted octanol–water partition coefficient (Wildman–Crippen LogP) is 3.57. The molecule has 1 saturated heterocycles. The third-order valence-electron chi connectivity index (χ3n) is 4.97. The molecule has 2 heterocycles. The molecule has 3 heteroatoms. The van der Waals surface area contributed by atoms with Gasteiger partial charge in [-0.1, -0.05) is 24.3 Å². The molecule has 118 valence electrons. The Balaban J connectivity index is 1.52. The van der Waals surface area contributed by atoms with Gasteiger partial charge in [-0.3, -0.25) is 4.90 Å². The van der Waals surface area contributed by atoms with E-state index < -0.39 is 0 Å². The fourth-order valence-electron chi connectivity index (χ4n) is 3.53. The van der Waals surface area contributed by atoms with Crippen molar-refractivity contribution >= 4 is 0 Å². The number of nitrogens with zero attached hydrogens (tertiary/aromatic N) is 3. The van der Waals surface area contributed by atoms with Gasteiger partial charge < -0.3 is 4.57 Å². The summed E-state index contributed by atoms with van der Waals surface area (Å²) in [5.74, 6) is 2.01. The maximum absolute atomic E-state index is 4.46. The van der Waals surface area contributed by atoms with E-state index in [2.05, 4.69) is 52.7 Å². The number of piperidine rings is 1. The topological polar surface area (TPSA) is 21.1 Å². The van der Waals surface area contributed by atoms with Gasteiger partial charge >= 0.3 is 0 Å². The Kier molecular flexibility index (Phi) is 4.94. The molecule has 1 aliphatic rings. The van der Waals surface area contributed by atoms with Crippen molar-refractivity contribution in [1.82, 2.24) is 14.5 Å². The van der Waals surface area contributed by atoms with Crippen LogP contribution in [0.1, 0.15) is 36.2 Å². The van der Waals surface area contributed by atoms with Crippen molar-refractivity contribution in [2.24, 2.45) is 13.0 Å². The lowest BCUT2D eigenvalue weighted by molar-refractivity contribution is 0.157. The Labute approximate surface area is 134 Å². The van der Waals surface area contributed by atoms with Crippen LogP contribution in [0.2, 0.25) is 0 Å². The van der Waals surface area contributed by atoms with Gasteiger partial charge in [0.1, 0.15) is 5.82 Å². The minimum absolute atomic E-state index is 0.827. The van der Waals surface area contributed by atoms with Gasteiger partial charge in [-0.05, 0) is 56.2 Å². The van der Waals surface area contributed by atoms with Gasteiger partial charge in [-0.15, -0.1) is 0 Å². The number of benzene rings is 1. The highest BCUT2D eigenvalue weighted by atomic mass is 15.2. The van der Waals surface area contributed by atoms with Crippen LogP contribution in [0.15, 0.2) is 36.7 Å². The average molecular weight is 297 g/mol. The van der Waals surface area contributed by atoms with Crippen LogP contribution in [0.5, 0.6) is 0 Å². The lowest BCUT2D eigenvalue weighted by atomic mass is 9.90. The summed E-state index contributed by atoms with van der Waals surface area (Å²) in [4.78, 5) is 7.04. The molecule has 0 N–H and O–H groups in total. The van der Waals surface area contributed by atoms with Crippen molar-refractivity contribution in [1.29, 1.82) is 0 Å². The highest BCUT2D eigenvalue weighted by molar-refractivity contribution is 5.25. The molecular weight excluding hydrogens is 270 g/mol. The molecule has 0 radical (unpaired) electrons. The Morgan fingerprint density at radius 2 is 2.14 bits per heavy atom. The van der Waals surface area contributed by atoms with Crippen LogP contribution in [-0.4, -0.2) is 27.5 Å². The maximum atomic E-state index is 4.46. The van der Waals surface area contributed by atoms with E-state index in [9.17, 15) is 0 Å². The van der Waals surface area contributed by atoms with Crippen LogP contribution in [0.3, 0.4) is 0 Å². The average Bonchev–Trinajstić information content (AvgIpc) is 2.92. The van der Waals surface area contributed by atoms with Gasteiger partial charge in [0.05, 0.1) is 6.54 Å². The van der Waals surface area contributed by atoms with Crippen molar-refractivity contribution in [3.05, 3.63) is 53.6 Å². The van der Waals surface area contributed by atoms with E-state index in [1.54, 1.807) is 0 Å². The monoisotopic (exact) mass is 297 g/mol. The SMILES string of the molecule is Cc1ccccc1CC[C@H]1CCCN(Cc2nccn2C)C1. The first-order valence-electron chi connectivity index (χ1n) is 8.45. The van der Waals surface area contributed by atoms with E-state index in [1.165, 1.54) is 55.7 Å². The largest absolute Gasteiger partial charge is 0.337 e. The first kappa shape index (κ1) is 15.3. The third kappa shape index (κ3) is 3.77. The van der Waals surface area contributed by atoms with Crippen LogP contribution in [0, 0.1) is 12.8 Å². The van der Waals surface area contributed by atoms with Gasteiger partial charge in [0.15, 0.2) is 0 Å². The highest BCUT2D eigenvalue weighted by Crippen LogP contribution is 2.23. The molecule has 3 rings (SSSR count). The van der Waals surface area contributed by atoms with Gasteiger partial charge in [-0.2, -0.15) is 0 Å². The number of imidazole rings is 1. The Morgan fingerprint density at radius 3 is 2.91 bits per heavy atom. The van der Waals surface area contributed by atoms with Crippen molar-refractivity contribution in [2.45, 2.75) is 39.2 Å². The molecule has 22 heavy (non-hydrogen) atoms. The summed E-state index contributed by atoms with van der Waals surface area (Å²) >= 11 is 0. The Bertz CT molecular complexity index is 602. The first-order chi connectivity index (χ1) is 10.7. The molecule has 2 aromatic rings. The van der Waals surface area contributed by atoms with Gasteiger partial charge in [0, 0.05) is 26.0 Å². The van der Waals surface area contributed by atoms with Crippen molar-refractivity contribution in [3.8, 4) is 0 Å². The first-order valence-corrected chi connectivity index (χ1v) is 8.45. The van der Waals surface area contributed by atoms with Gasteiger partial charge in [0.2, 0.25) is 0 Å². The molecule has 1 aliphatic heterocycles. The number of aryl methyl sites for hydroxylation is 3. The van der Waals surface area contributed by atoms with Crippen LogP contribution < -0.4 is 0 Å². The Hall–Kier alpha value is -1.61. The second kappa shape index (κ2) is 7.10. The minimum atomic E-state index is 0.827. The fraction of sp³-hybridized carbons (Fsp3) is 0.526. The zero-order chi connectivity index (χ0) is 15.4. The number of hydrogen-bond donors (Lipinski definition) is 0. The zero-order valence-corrected chi connectivity index (χ0v) is 13.8. The highest BCUT2D eigenvalue weighted by Gasteiger charge is 2.20. The smallest absolute Gasteiger partial charge is 0.122 e. The van der Waals surface area contributed by atoms with Crippen LogP contribution in [-0.2, 0) is 20.0 Å². The van der Waals surface area contributed by atoms with Gasteiger partial charge in [-0.25, -0.2) is 4.98 Å². The van der Waals surface area contributed by atoms with E-state index in [1.807, 2.05) is 12.4 Å². The molecule has 0 bridgehead atoms.